The molecule has 10 heteroatoms. The summed E-state index contributed by atoms with van der Waals surface area (Å²) in [4.78, 5) is 0. The third-order valence-electron chi connectivity index (χ3n) is 3.05. The second-order valence-electron chi connectivity index (χ2n) is 5.35. The van der Waals surface area contributed by atoms with Crippen LogP contribution in [0.2, 0.25) is 0 Å². The summed E-state index contributed by atoms with van der Waals surface area (Å²) in [5.74, 6) is 0. The van der Waals surface area contributed by atoms with E-state index in [4.69, 9.17) is 0 Å². The molecule has 1 rings (SSSR count). The Morgan fingerprint density at radius 2 is 1.94 bits per heavy atom. The summed E-state index contributed by atoms with van der Waals surface area (Å²) in [6.45, 7) is 7.75. The van der Waals surface area contributed by atoms with Gasteiger partial charge in [-0.2, -0.15) is 0 Å². The fourth-order valence-corrected chi connectivity index (χ4v) is 4300. The molecule has 0 nitrogen and oxygen atoms in total. The molecular formula is C6H10Y10. The Morgan fingerprint density at radius 3 is 2.38 bits per heavy atom. The van der Waals surface area contributed by atoms with Gasteiger partial charge in [0.2, 0.25) is 0 Å². The zero-order chi connectivity index (χ0) is 12.3. The van der Waals surface area contributed by atoms with Gasteiger partial charge in [-0.15, -0.1) is 0 Å². The molecule has 0 aliphatic carbocycles. The monoisotopic (exact) mass is 971 g/mol. The van der Waals surface area contributed by atoms with Crippen molar-refractivity contribution in [2.75, 3.05) is 0 Å². The van der Waals surface area contributed by atoms with Gasteiger partial charge in [-0.3, -0.25) is 0 Å². The van der Waals surface area contributed by atoms with Gasteiger partial charge in [-0.25, -0.2) is 0 Å². The van der Waals surface area contributed by atoms with Crippen LogP contribution in [0.15, 0.2) is 5.27 Å². The van der Waals surface area contributed by atoms with Gasteiger partial charge in [-0.05, 0) is 0 Å². The first kappa shape index (κ1) is 24.8. The average Bonchev–Trinajstić information content (AvgIpc) is 2.16. The van der Waals surface area contributed by atoms with Gasteiger partial charge >= 0.3 is 186 Å². The molecule has 0 fully saturated rings. The molecule has 0 saturated carbocycles. The van der Waals surface area contributed by atoms with Gasteiger partial charge < -0.3 is 0 Å². The first-order valence-corrected chi connectivity index (χ1v) is 111. The second kappa shape index (κ2) is 13.9. The molecule has 0 spiro atoms. The molecule has 16 heavy (non-hydrogen) atoms. The van der Waals surface area contributed by atoms with Gasteiger partial charge in [0.25, 0.3) is 0 Å². The summed E-state index contributed by atoms with van der Waals surface area (Å²) >= 11 is 6.44. The summed E-state index contributed by atoms with van der Waals surface area (Å²) in [7, 11) is 0. The Balaban J connectivity index is 3.18. The van der Waals surface area contributed by atoms with E-state index in [-0.39, 0.29) is 25.2 Å². The molecule has 0 saturated heterocycles. The molecule has 0 unspecified atom stereocenters. The summed E-state index contributed by atoms with van der Waals surface area (Å²) in [6, 6.07) is 0. The molecule has 0 aromatic carbocycles. The van der Waals surface area contributed by atoms with Crippen molar-refractivity contribution in [3.8, 4) is 0 Å². The topological polar surface area (TPSA) is 0 Å². The third kappa shape index (κ3) is 9.82. The summed E-state index contributed by atoms with van der Waals surface area (Å²) in [6.07, 6.45) is 0. The maximum absolute atomic E-state index is 3.30. The van der Waals surface area contributed by atoms with Crippen LogP contribution in [0, 0.1) is 5.41 Å². The molecule has 0 amide bonds. The molecule has 64 valence electrons. The van der Waals surface area contributed by atoms with E-state index in [1.54, 1.807) is 0 Å². The number of rotatable bonds is 3. The van der Waals surface area contributed by atoms with Crippen molar-refractivity contribution < 1.29 is 154 Å². The second-order valence-corrected chi connectivity index (χ2v) is 423. The van der Waals surface area contributed by atoms with Crippen LogP contribution in [0.3, 0.4) is 0 Å². The zero-order valence-electron chi connectivity index (χ0n) is 10.4. The normalized spacial score (nSPS) is 15.0. The van der Waals surface area contributed by atoms with Gasteiger partial charge in [0.05, 0.1) is 0 Å². The number of hydrogen-bond acceptors (Lipinski definition) is 0. The molecule has 0 bridgehead atoms. The van der Waals surface area contributed by atoms with E-state index >= 15 is 0 Å². The summed E-state index contributed by atoms with van der Waals surface area (Å²) in [5, 5.41) is 0. The Hall–Kier alpha value is 10.8. The van der Waals surface area contributed by atoms with Crippen molar-refractivity contribution in [1.82, 2.24) is 0 Å². The Labute approximate surface area is 174 Å². The molecule has 1 heterocycles. The van der Waals surface area contributed by atoms with E-state index in [9.17, 15) is 0 Å². The van der Waals surface area contributed by atoms with Crippen molar-refractivity contribution in [1.29, 1.82) is 0 Å². The third-order valence-corrected chi connectivity index (χ3v) is 1490. The van der Waals surface area contributed by atoms with Crippen LogP contribution in [0.5, 0.6) is 0 Å². The Bertz CT molecular complexity index is 358. The summed E-state index contributed by atoms with van der Waals surface area (Å²) in [5.41, 5.74) is 0.712. The minimum absolute atomic E-state index is 0.0530. The van der Waals surface area contributed by atoms with Crippen molar-refractivity contribution in [3.63, 3.8) is 0 Å². The first-order chi connectivity index (χ1) is 7.40. The van der Waals surface area contributed by atoms with Crippen LogP contribution in [-0.4, -0.2) is 0 Å². The maximum atomic E-state index is 3.30. The van der Waals surface area contributed by atoms with Gasteiger partial charge in [0.1, 0.15) is 0 Å². The van der Waals surface area contributed by atoms with Gasteiger partial charge in [0.15, 0.2) is 0 Å². The summed E-state index contributed by atoms with van der Waals surface area (Å²) < 4.78 is 4.90. The molecule has 0 atom stereocenters. The molecule has 0 radical (unpaired) electrons. The van der Waals surface area contributed by atoms with E-state index in [0.717, 1.165) is 0 Å². The van der Waals surface area contributed by atoms with Gasteiger partial charge in [-0.1, -0.05) is 0 Å². The van der Waals surface area contributed by atoms with Gasteiger partial charge in [0, 0.05) is 0 Å². The van der Waals surface area contributed by atoms with Crippen LogP contribution < -0.4 is 0 Å². The van der Waals surface area contributed by atoms with Crippen molar-refractivity contribution >= 4 is 0 Å². The molecule has 0 aromatic heterocycles. The van der Waals surface area contributed by atoms with Crippen LogP contribution in [0.4, 0.5) is 0 Å². The number of allylic oxidation sites excluding steroid dienone is 1. The van der Waals surface area contributed by atoms with Crippen LogP contribution in [0.1, 0.15) is 20.8 Å². The predicted octanol–water partition coefficient (Wildman–Crippen LogP) is 1.95. The van der Waals surface area contributed by atoms with E-state index in [2.05, 4.69) is 26.0 Å². The SMILES string of the molecule is CC(C)(C)[C]1=[CH][Y]([Y][Y][Y])=[Y]([Y][Y])[Y]([Y])=[Y]1. The predicted molar refractivity (Wildman–Crippen MR) is 27.5 cm³/mol. The zero-order valence-corrected chi connectivity index (χ0v) is 38.7. The number of hydrogen-bond donors (Lipinski definition) is 0. The molecule has 1 aliphatic heterocycles. The Kier molecular flexibility index (Phi) is 21.5. The van der Waals surface area contributed by atoms with Crippen molar-refractivity contribution in [2.45, 2.75) is 20.8 Å². The van der Waals surface area contributed by atoms with E-state index < -0.39 is 16.0 Å². The quantitative estimate of drug-likeness (QED) is 0.407. The first-order valence-electron chi connectivity index (χ1n) is 5.66. The minimum atomic E-state index is -0.559. The van der Waals surface area contributed by atoms with Crippen LogP contribution in [-0.2, 0) is 154 Å². The molecule has 0 aromatic rings. The van der Waals surface area contributed by atoms with Crippen LogP contribution >= 0.6 is 0 Å². The fourth-order valence-electron chi connectivity index (χ4n) is 2.02. The van der Waals surface area contributed by atoms with Crippen molar-refractivity contribution in [2.24, 2.45) is 5.41 Å². The fraction of sp³-hybridized carbons (Fsp3) is 0.667. The molecular weight excluding hydrogens is 961 g/mol. The molecule has 1 aliphatic rings. The molecule has 0 N–H and O–H groups in total. The van der Waals surface area contributed by atoms with Crippen molar-refractivity contribution in [3.05, 3.63) is 5.27 Å². The van der Waals surface area contributed by atoms with E-state index in [0.29, 0.717) is 48.1 Å². The average molecular weight is 971 g/mol. The van der Waals surface area contributed by atoms with E-state index in [1.165, 1.54) is 0 Å². The van der Waals surface area contributed by atoms with E-state index in [1.807, 2.05) is 70.4 Å². The van der Waals surface area contributed by atoms with Crippen LogP contribution in [0.25, 0.3) is 0 Å². The Morgan fingerprint density at radius 1 is 1.31 bits per heavy atom. The standard InChI is InChI=1S/C6H10.10Y/c1-5-6(2,3)4;;;;;;;;;;/h1H,2-4H3;;;;;;;;;;.